The van der Waals surface area contributed by atoms with Gasteiger partial charge in [0.25, 0.3) is 0 Å². The molecule has 0 amide bonds. The average Bonchev–Trinajstić information content (AvgIpc) is 2.76. The van der Waals surface area contributed by atoms with Gasteiger partial charge in [0.2, 0.25) is 0 Å². The van der Waals surface area contributed by atoms with Gasteiger partial charge in [0, 0.05) is 10.0 Å². The van der Waals surface area contributed by atoms with Gasteiger partial charge in [-0.15, -0.1) is 0 Å². The van der Waals surface area contributed by atoms with Crippen LogP contribution in [0.15, 0.2) is 22.7 Å². The number of carbonyl (C=O) groups is 1. The van der Waals surface area contributed by atoms with Crippen molar-refractivity contribution in [3.8, 4) is 5.75 Å². The monoisotopic (exact) mass is 358 g/mol. The lowest BCUT2D eigenvalue weighted by atomic mass is 10.1. The molecule has 6 heteroatoms. The third-order valence-electron chi connectivity index (χ3n) is 3.07. The SMILES string of the molecule is COc1ccc(Br)cc1CC(=O)OCC1COC(C)(C)O1. The largest absolute Gasteiger partial charge is 0.496 e. The molecule has 0 bridgehead atoms. The zero-order chi connectivity index (χ0) is 15.5. The van der Waals surface area contributed by atoms with E-state index in [1.165, 1.54) is 0 Å². The highest BCUT2D eigenvalue weighted by Gasteiger charge is 2.33. The van der Waals surface area contributed by atoms with Gasteiger partial charge in [0.1, 0.15) is 18.5 Å². The molecule has 0 spiro atoms. The van der Waals surface area contributed by atoms with Gasteiger partial charge in [0.15, 0.2) is 5.79 Å². The van der Waals surface area contributed by atoms with Crippen LogP contribution in [0.5, 0.6) is 5.75 Å². The van der Waals surface area contributed by atoms with Gasteiger partial charge >= 0.3 is 5.97 Å². The summed E-state index contributed by atoms with van der Waals surface area (Å²) < 4.78 is 22.4. The number of carbonyl (C=O) groups excluding carboxylic acids is 1. The maximum atomic E-state index is 11.9. The van der Waals surface area contributed by atoms with Crippen molar-refractivity contribution in [1.29, 1.82) is 0 Å². The van der Waals surface area contributed by atoms with Crippen molar-refractivity contribution in [3.63, 3.8) is 0 Å². The fourth-order valence-electron chi connectivity index (χ4n) is 2.12. The molecule has 1 aromatic rings. The van der Waals surface area contributed by atoms with E-state index in [1.807, 2.05) is 32.0 Å². The van der Waals surface area contributed by atoms with Crippen molar-refractivity contribution < 1.29 is 23.7 Å². The summed E-state index contributed by atoms with van der Waals surface area (Å²) in [5, 5.41) is 0. The molecule has 1 fully saturated rings. The first-order chi connectivity index (χ1) is 9.89. The Hall–Kier alpha value is -1.11. The Labute approximate surface area is 132 Å². The minimum absolute atomic E-state index is 0.152. The van der Waals surface area contributed by atoms with E-state index in [4.69, 9.17) is 18.9 Å². The van der Waals surface area contributed by atoms with Crippen molar-refractivity contribution >= 4 is 21.9 Å². The number of benzene rings is 1. The van der Waals surface area contributed by atoms with Crippen LogP contribution in [-0.4, -0.2) is 38.2 Å². The molecule has 1 atom stereocenters. The Kier molecular flexibility index (Phi) is 5.24. The smallest absolute Gasteiger partial charge is 0.310 e. The molecule has 116 valence electrons. The van der Waals surface area contributed by atoms with Crippen molar-refractivity contribution in [1.82, 2.24) is 0 Å². The van der Waals surface area contributed by atoms with Crippen LogP contribution in [-0.2, 0) is 25.4 Å². The van der Waals surface area contributed by atoms with Crippen LogP contribution < -0.4 is 4.74 Å². The van der Waals surface area contributed by atoms with Crippen molar-refractivity contribution in [3.05, 3.63) is 28.2 Å². The summed E-state index contributed by atoms with van der Waals surface area (Å²) >= 11 is 3.38. The molecule has 0 aromatic heterocycles. The second-order valence-electron chi connectivity index (χ2n) is 5.27. The number of hydrogen-bond acceptors (Lipinski definition) is 5. The van der Waals surface area contributed by atoms with E-state index in [1.54, 1.807) is 7.11 Å². The standard InChI is InChI=1S/C15H19BrO5/c1-15(2)20-9-12(21-15)8-19-14(17)7-10-6-11(16)4-5-13(10)18-3/h4-6,12H,7-9H2,1-3H3. The van der Waals surface area contributed by atoms with Gasteiger partial charge in [-0.2, -0.15) is 0 Å². The molecule has 1 aliphatic heterocycles. The quantitative estimate of drug-likeness (QED) is 0.757. The van der Waals surface area contributed by atoms with E-state index in [0.29, 0.717) is 12.4 Å². The van der Waals surface area contributed by atoms with E-state index in [-0.39, 0.29) is 25.1 Å². The van der Waals surface area contributed by atoms with Gasteiger partial charge in [0.05, 0.1) is 20.1 Å². The number of halogens is 1. The molecule has 1 heterocycles. The van der Waals surface area contributed by atoms with Gasteiger partial charge < -0.3 is 18.9 Å². The van der Waals surface area contributed by atoms with Crippen LogP contribution in [0, 0.1) is 0 Å². The summed E-state index contributed by atoms with van der Waals surface area (Å²) in [5.74, 6) is -0.263. The molecule has 0 radical (unpaired) electrons. The summed E-state index contributed by atoms with van der Waals surface area (Å²) in [6, 6.07) is 5.51. The molecule has 2 rings (SSSR count). The van der Waals surface area contributed by atoms with Crippen LogP contribution >= 0.6 is 15.9 Å². The highest BCUT2D eigenvalue weighted by atomic mass is 79.9. The van der Waals surface area contributed by atoms with Gasteiger partial charge in [-0.1, -0.05) is 15.9 Å². The summed E-state index contributed by atoms with van der Waals surface area (Å²) in [6.45, 7) is 4.29. The zero-order valence-corrected chi connectivity index (χ0v) is 13.9. The fraction of sp³-hybridized carbons (Fsp3) is 0.533. The third-order valence-corrected chi connectivity index (χ3v) is 3.57. The summed E-state index contributed by atoms with van der Waals surface area (Å²) in [6.07, 6.45) is -0.0621. The Balaban J connectivity index is 1.86. The Bertz CT molecular complexity index is 515. The van der Waals surface area contributed by atoms with Crippen LogP contribution in [0.1, 0.15) is 19.4 Å². The maximum absolute atomic E-state index is 11.9. The number of esters is 1. The van der Waals surface area contributed by atoms with Gasteiger partial charge in [-0.3, -0.25) is 4.79 Å². The second-order valence-corrected chi connectivity index (χ2v) is 6.18. The minimum atomic E-state index is -0.607. The fourth-order valence-corrected chi connectivity index (χ4v) is 2.53. The molecular formula is C15H19BrO5. The van der Waals surface area contributed by atoms with Crippen LogP contribution in [0.4, 0.5) is 0 Å². The lowest BCUT2D eigenvalue weighted by molar-refractivity contribution is -0.157. The van der Waals surface area contributed by atoms with Crippen LogP contribution in [0.25, 0.3) is 0 Å². The van der Waals surface area contributed by atoms with E-state index in [2.05, 4.69) is 15.9 Å². The van der Waals surface area contributed by atoms with E-state index < -0.39 is 5.79 Å². The van der Waals surface area contributed by atoms with E-state index in [0.717, 1.165) is 10.0 Å². The predicted octanol–water partition coefficient (Wildman–Crippen LogP) is 2.69. The van der Waals surface area contributed by atoms with Crippen molar-refractivity contribution in [2.45, 2.75) is 32.2 Å². The number of rotatable bonds is 5. The predicted molar refractivity (Wildman–Crippen MR) is 80.3 cm³/mol. The number of methoxy groups -OCH3 is 1. The third kappa shape index (κ3) is 4.69. The summed E-state index contributed by atoms with van der Waals surface area (Å²) in [4.78, 5) is 11.9. The molecule has 1 aliphatic rings. The first-order valence-electron chi connectivity index (χ1n) is 6.69. The van der Waals surface area contributed by atoms with Gasteiger partial charge in [-0.25, -0.2) is 0 Å². The average molecular weight is 359 g/mol. The van der Waals surface area contributed by atoms with E-state index >= 15 is 0 Å². The van der Waals surface area contributed by atoms with E-state index in [9.17, 15) is 4.79 Å². The zero-order valence-electron chi connectivity index (χ0n) is 12.3. The topological polar surface area (TPSA) is 54.0 Å². The highest BCUT2D eigenvalue weighted by Crippen LogP contribution is 2.24. The first-order valence-corrected chi connectivity index (χ1v) is 7.49. The Morgan fingerprint density at radius 2 is 2.24 bits per heavy atom. The summed E-state index contributed by atoms with van der Waals surface area (Å²) in [5.41, 5.74) is 0.779. The molecule has 1 saturated heterocycles. The molecule has 0 N–H and O–H groups in total. The van der Waals surface area contributed by atoms with Crippen LogP contribution in [0.2, 0.25) is 0 Å². The lowest BCUT2D eigenvalue weighted by Gasteiger charge is -2.17. The molecule has 5 nitrogen and oxygen atoms in total. The normalized spacial score (nSPS) is 20.3. The molecule has 21 heavy (non-hydrogen) atoms. The Morgan fingerprint density at radius 1 is 1.48 bits per heavy atom. The first kappa shape index (κ1) is 16.3. The Morgan fingerprint density at radius 3 is 2.86 bits per heavy atom. The molecule has 0 saturated carbocycles. The molecule has 0 aliphatic carbocycles. The minimum Gasteiger partial charge on any atom is -0.496 e. The molecular weight excluding hydrogens is 340 g/mol. The summed E-state index contributed by atoms with van der Waals surface area (Å²) in [7, 11) is 1.57. The lowest BCUT2D eigenvalue weighted by Crippen LogP contribution is -2.25. The maximum Gasteiger partial charge on any atom is 0.310 e. The highest BCUT2D eigenvalue weighted by molar-refractivity contribution is 9.10. The molecule has 1 unspecified atom stereocenters. The second kappa shape index (κ2) is 6.77. The van der Waals surface area contributed by atoms with Gasteiger partial charge in [-0.05, 0) is 32.0 Å². The van der Waals surface area contributed by atoms with Crippen molar-refractivity contribution in [2.24, 2.45) is 0 Å². The number of hydrogen-bond donors (Lipinski definition) is 0. The van der Waals surface area contributed by atoms with Crippen molar-refractivity contribution in [2.75, 3.05) is 20.3 Å². The number of ether oxygens (including phenoxy) is 4. The molecule has 1 aromatic carbocycles. The van der Waals surface area contributed by atoms with Crippen LogP contribution in [0.3, 0.4) is 0 Å².